The van der Waals surface area contributed by atoms with Crippen LogP contribution in [-0.2, 0) is 5.92 Å². The van der Waals surface area contributed by atoms with E-state index in [0.717, 1.165) is 74.2 Å². The molecule has 4 bridgehead atoms. The molecule has 8 heteroatoms. The fourth-order valence-electron chi connectivity index (χ4n) is 6.44. The van der Waals surface area contributed by atoms with Crippen molar-refractivity contribution in [2.24, 2.45) is 16.3 Å². The average molecular weight is 608 g/mol. The van der Waals surface area contributed by atoms with Crippen LogP contribution in [0.25, 0.3) is 0 Å². The van der Waals surface area contributed by atoms with Gasteiger partial charge in [0.2, 0.25) is 0 Å². The maximum absolute atomic E-state index is 15.9. The van der Waals surface area contributed by atoms with Gasteiger partial charge in [-0.2, -0.15) is 5.26 Å². The zero-order chi connectivity index (χ0) is 32.2. The minimum absolute atomic E-state index is 0.105. The van der Waals surface area contributed by atoms with Gasteiger partial charge in [-0.25, -0.2) is 13.2 Å². The van der Waals surface area contributed by atoms with E-state index in [1.807, 2.05) is 27.0 Å². The number of allylic oxidation sites excluding steroid dienone is 3. The summed E-state index contributed by atoms with van der Waals surface area (Å²) in [6.45, 7) is 18.3. The molecule has 238 valence electrons. The molecule has 1 aromatic rings. The largest absolute Gasteiger partial charge is 0.378 e. The summed E-state index contributed by atoms with van der Waals surface area (Å²) in [4.78, 5) is 9.43. The maximum atomic E-state index is 15.9. The molecule has 5 rings (SSSR count). The second-order valence-corrected chi connectivity index (χ2v) is 13.1. The summed E-state index contributed by atoms with van der Waals surface area (Å²) < 4.78 is 46.8. The number of nitrogens with one attached hydrogen (secondary N) is 1. The van der Waals surface area contributed by atoms with Gasteiger partial charge in [-0.3, -0.25) is 4.99 Å². The molecule has 1 unspecified atom stereocenters. The monoisotopic (exact) mass is 607 g/mol. The Morgan fingerprint density at radius 3 is 2.48 bits per heavy atom. The SMILES string of the molecule is C=CNC1=N[C@H](C)c2cccc(c2F)C(F)(F)CCC2CN(C2)C(C)CCCCN(C)/C(C)=C\1C=C(C(=C)C)C1(C#N)CC1. The van der Waals surface area contributed by atoms with Crippen LogP contribution in [0, 0.1) is 28.5 Å². The van der Waals surface area contributed by atoms with Crippen molar-refractivity contribution in [2.75, 3.05) is 26.7 Å². The predicted octanol–water partition coefficient (Wildman–Crippen LogP) is 8.41. The average Bonchev–Trinajstić information content (AvgIpc) is 3.74. The zero-order valence-corrected chi connectivity index (χ0v) is 27.0. The highest BCUT2D eigenvalue weighted by atomic mass is 19.3. The minimum Gasteiger partial charge on any atom is -0.378 e. The quantitative estimate of drug-likeness (QED) is 0.349. The first-order valence-electron chi connectivity index (χ1n) is 15.9. The molecule has 2 fully saturated rings. The Morgan fingerprint density at radius 1 is 1.16 bits per heavy atom. The number of nitriles is 1. The highest BCUT2D eigenvalue weighted by Crippen LogP contribution is 2.53. The Hall–Kier alpha value is -3.31. The number of alkyl halides is 2. The molecule has 1 saturated heterocycles. The van der Waals surface area contributed by atoms with Gasteiger partial charge in [0, 0.05) is 56.0 Å². The third-order valence-electron chi connectivity index (χ3n) is 9.72. The van der Waals surface area contributed by atoms with E-state index in [1.165, 1.54) is 24.4 Å². The highest BCUT2D eigenvalue weighted by Gasteiger charge is 2.47. The van der Waals surface area contributed by atoms with E-state index in [2.05, 4.69) is 41.3 Å². The first kappa shape index (κ1) is 33.6. The molecule has 1 N–H and O–H groups in total. The predicted molar refractivity (Wildman–Crippen MR) is 173 cm³/mol. The normalized spacial score (nSPS) is 29.4. The number of rotatable bonds is 4. The molecule has 0 spiro atoms. The van der Waals surface area contributed by atoms with Crippen molar-refractivity contribution < 1.29 is 13.2 Å². The standard InChI is InChI=1S/C36H48F3N5/c1-8-41-34-30(20-32(24(2)3)35(23-40)17-18-35)27(6)43(7)19-10-9-12-25(4)44-21-28(22-44)15-16-36(38,39)31-14-11-13-29(33(31)37)26(5)42-34/h8,11,13-14,20,25-26,28H,1-2,9-10,12,15-19,21-22H2,3-7H3,(H,41,42)/b30-27-,32-20?/t25?,26-/m1/s1. The van der Waals surface area contributed by atoms with Crippen LogP contribution in [0.15, 0.2) is 71.0 Å². The van der Waals surface area contributed by atoms with Gasteiger partial charge >= 0.3 is 0 Å². The summed E-state index contributed by atoms with van der Waals surface area (Å²) in [5.74, 6) is -3.56. The van der Waals surface area contributed by atoms with Crippen LogP contribution >= 0.6 is 0 Å². The lowest BCUT2D eigenvalue weighted by Crippen LogP contribution is -2.51. The van der Waals surface area contributed by atoms with Crippen LogP contribution in [0.2, 0.25) is 0 Å². The number of nitrogens with zero attached hydrogens (tertiary/aromatic N) is 4. The van der Waals surface area contributed by atoms with Crippen LogP contribution in [0.3, 0.4) is 0 Å². The summed E-state index contributed by atoms with van der Waals surface area (Å²) in [7, 11) is 2.04. The van der Waals surface area contributed by atoms with Gasteiger partial charge in [-0.15, -0.1) is 0 Å². The van der Waals surface area contributed by atoms with Crippen molar-refractivity contribution >= 4 is 5.84 Å². The second kappa shape index (κ2) is 13.8. The summed E-state index contributed by atoms with van der Waals surface area (Å²) in [6.07, 6.45) is 8.05. The lowest BCUT2D eigenvalue weighted by molar-refractivity contribution is -0.0359. The first-order valence-corrected chi connectivity index (χ1v) is 15.9. The third-order valence-corrected chi connectivity index (χ3v) is 9.72. The fraction of sp³-hybridized carbons (Fsp3) is 0.556. The Kier molecular flexibility index (Phi) is 10.5. The number of hydrogen-bond donors (Lipinski definition) is 1. The van der Waals surface area contributed by atoms with Gasteiger partial charge in [0.25, 0.3) is 5.92 Å². The van der Waals surface area contributed by atoms with Gasteiger partial charge in [0.15, 0.2) is 0 Å². The van der Waals surface area contributed by atoms with Crippen molar-refractivity contribution in [3.8, 4) is 6.07 Å². The molecule has 3 aliphatic heterocycles. The van der Waals surface area contributed by atoms with Gasteiger partial charge in [0.05, 0.1) is 23.1 Å². The molecule has 4 aliphatic rings. The fourth-order valence-corrected chi connectivity index (χ4v) is 6.44. The van der Waals surface area contributed by atoms with Gasteiger partial charge in [0.1, 0.15) is 11.7 Å². The van der Waals surface area contributed by atoms with Gasteiger partial charge in [-0.05, 0) is 83.6 Å². The van der Waals surface area contributed by atoms with Crippen molar-refractivity contribution in [1.82, 2.24) is 15.1 Å². The number of amidine groups is 1. The van der Waals surface area contributed by atoms with Crippen LogP contribution in [-0.4, -0.2) is 48.4 Å². The van der Waals surface area contributed by atoms with E-state index in [-0.39, 0.29) is 17.9 Å². The molecule has 5 nitrogen and oxygen atoms in total. The molecule has 1 aromatic carbocycles. The Morgan fingerprint density at radius 2 is 1.86 bits per heavy atom. The summed E-state index contributed by atoms with van der Waals surface area (Å²) in [6, 6.07) is 6.31. The lowest BCUT2D eigenvalue weighted by Gasteiger charge is -2.44. The minimum atomic E-state index is -3.28. The number of benzene rings is 1. The van der Waals surface area contributed by atoms with Crippen molar-refractivity contribution in [3.05, 3.63) is 83.0 Å². The van der Waals surface area contributed by atoms with Crippen molar-refractivity contribution in [1.29, 1.82) is 5.26 Å². The van der Waals surface area contributed by atoms with E-state index in [0.29, 0.717) is 18.3 Å². The second-order valence-electron chi connectivity index (χ2n) is 13.1. The summed E-state index contributed by atoms with van der Waals surface area (Å²) >= 11 is 0. The van der Waals surface area contributed by atoms with Crippen LogP contribution in [0.4, 0.5) is 13.2 Å². The van der Waals surface area contributed by atoms with E-state index in [9.17, 15) is 5.26 Å². The van der Waals surface area contributed by atoms with Crippen molar-refractivity contribution in [3.63, 3.8) is 0 Å². The Bertz CT molecular complexity index is 1370. The van der Waals surface area contributed by atoms with E-state index < -0.39 is 28.8 Å². The van der Waals surface area contributed by atoms with E-state index >= 15 is 13.2 Å². The molecule has 0 aromatic heterocycles. The van der Waals surface area contributed by atoms with Gasteiger partial charge in [-0.1, -0.05) is 43.4 Å². The number of halogens is 3. The summed E-state index contributed by atoms with van der Waals surface area (Å²) in [5.41, 5.74) is 2.24. The third kappa shape index (κ3) is 7.31. The molecular formula is C36H48F3N5. The lowest BCUT2D eigenvalue weighted by atomic mass is 9.88. The van der Waals surface area contributed by atoms with Crippen LogP contribution in [0.1, 0.15) is 89.8 Å². The Balaban J connectivity index is 1.83. The molecule has 1 saturated carbocycles. The Labute approximate surface area is 261 Å². The first-order chi connectivity index (χ1) is 20.8. The molecule has 3 heterocycles. The zero-order valence-electron chi connectivity index (χ0n) is 27.0. The van der Waals surface area contributed by atoms with Crippen molar-refractivity contribution in [2.45, 2.75) is 90.6 Å². The molecule has 1 aliphatic carbocycles. The number of aliphatic imine (C=N–C) groups is 1. The van der Waals surface area contributed by atoms with Crippen LogP contribution < -0.4 is 5.32 Å². The van der Waals surface area contributed by atoms with Crippen LogP contribution in [0.5, 0.6) is 0 Å². The molecular weight excluding hydrogens is 559 g/mol. The van der Waals surface area contributed by atoms with Gasteiger partial charge < -0.3 is 15.1 Å². The molecule has 2 atom stereocenters. The highest BCUT2D eigenvalue weighted by molar-refractivity contribution is 6.02. The maximum Gasteiger partial charge on any atom is 0.276 e. The van der Waals surface area contributed by atoms with E-state index in [1.54, 1.807) is 6.92 Å². The molecule has 0 radical (unpaired) electrons. The topological polar surface area (TPSA) is 54.7 Å². The number of hydrogen-bond acceptors (Lipinski definition) is 5. The number of fused-ring (bicyclic) bond motifs is 10. The van der Waals surface area contributed by atoms with E-state index in [4.69, 9.17) is 4.99 Å². The molecule has 44 heavy (non-hydrogen) atoms. The smallest absolute Gasteiger partial charge is 0.276 e. The molecule has 0 amide bonds. The summed E-state index contributed by atoms with van der Waals surface area (Å²) in [5, 5.41) is 13.2.